The second-order valence-corrected chi connectivity index (χ2v) is 2.10. The van der Waals surface area contributed by atoms with Gasteiger partial charge in [0.25, 0.3) is 0 Å². The summed E-state index contributed by atoms with van der Waals surface area (Å²) in [5.74, 6) is -1.58. The Morgan fingerprint density at radius 1 is 1.67 bits per heavy atom. The van der Waals surface area contributed by atoms with Crippen molar-refractivity contribution in [1.82, 2.24) is 0 Å². The minimum absolute atomic E-state index is 0.494. The van der Waals surface area contributed by atoms with Crippen LogP contribution in [0, 0.1) is 5.92 Å². The zero-order valence-corrected chi connectivity index (χ0v) is 5.66. The summed E-state index contributed by atoms with van der Waals surface area (Å²) in [6.07, 6.45) is -0.213. The third kappa shape index (κ3) is 2.46. The van der Waals surface area contributed by atoms with Gasteiger partial charge in [-0.15, -0.1) is 0 Å². The van der Waals surface area contributed by atoms with Crippen LogP contribution in [0.1, 0.15) is 20.3 Å². The molecule has 0 heterocycles. The zero-order chi connectivity index (χ0) is 7.44. The monoisotopic (exact) mass is 132 g/mol. The number of hydrogen-bond donors (Lipinski definition) is 2. The largest absolute Gasteiger partial charge is 0.481 e. The van der Waals surface area contributed by atoms with Crippen molar-refractivity contribution in [2.24, 2.45) is 5.92 Å². The molecule has 0 unspecified atom stereocenters. The molecule has 0 fully saturated rings. The molecule has 0 saturated heterocycles. The van der Waals surface area contributed by atoms with Crippen LogP contribution in [0.2, 0.25) is 0 Å². The predicted octanol–water partition coefficient (Wildman–Crippen LogP) is 0.478. The molecule has 0 aromatic rings. The molecule has 0 aromatic carbocycles. The van der Waals surface area contributed by atoms with Crippen molar-refractivity contribution < 1.29 is 15.0 Å². The molecule has 0 amide bonds. The van der Waals surface area contributed by atoms with E-state index in [2.05, 4.69) is 0 Å². The third-order valence-corrected chi connectivity index (χ3v) is 1.38. The molecule has 2 atom stereocenters. The van der Waals surface area contributed by atoms with Gasteiger partial charge in [0.1, 0.15) is 0 Å². The fraction of sp³-hybridized carbons (Fsp3) is 0.833. The van der Waals surface area contributed by atoms with Crippen molar-refractivity contribution in [2.45, 2.75) is 26.4 Å². The van der Waals surface area contributed by atoms with Gasteiger partial charge < -0.3 is 10.2 Å². The Morgan fingerprint density at radius 2 is 2.11 bits per heavy atom. The minimum atomic E-state index is -0.940. The van der Waals surface area contributed by atoms with Gasteiger partial charge in [-0.2, -0.15) is 0 Å². The van der Waals surface area contributed by atoms with E-state index >= 15 is 0 Å². The lowest BCUT2D eigenvalue weighted by atomic mass is 10.0. The summed E-state index contributed by atoms with van der Waals surface area (Å²) in [6, 6.07) is 0. The summed E-state index contributed by atoms with van der Waals surface area (Å²) in [5, 5.41) is 17.2. The smallest absolute Gasteiger partial charge is 0.308 e. The predicted molar refractivity (Wildman–Crippen MR) is 33.1 cm³/mol. The molecule has 0 bridgehead atoms. The summed E-state index contributed by atoms with van der Waals surface area (Å²) in [6.45, 7) is 3.25. The van der Waals surface area contributed by atoms with Crippen molar-refractivity contribution in [3.8, 4) is 0 Å². The average molecular weight is 132 g/mol. The SMILES string of the molecule is CC[C@H](O)[C@H](C)C(=O)O. The summed E-state index contributed by atoms with van der Waals surface area (Å²) in [7, 11) is 0. The second-order valence-electron chi connectivity index (χ2n) is 2.10. The standard InChI is InChI=1S/C6H12O3/c1-3-5(7)4(2)6(8)9/h4-5,7H,3H2,1-2H3,(H,8,9)/t4-,5-/m0/s1. The molecular weight excluding hydrogens is 120 g/mol. The Morgan fingerprint density at radius 3 is 2.22 bits per heavy atom. The summed E-state index contributed by atoms with van der Waals surface area (Å²) >= 11 is 0. The van der Waals surface area contributed by atoms with Gasteiger partial charge in [-0.05, 0) is 13.3 Å². The van der Waals surface area contributed by atoms with E-state index in [9.17, 15) is 4.79 Å². The van der Waals surface area contributed by atoms with Gasteiger partial charge in [0.15, 0.2) is 0 Å². The Bertz CT molecular complexity index is 100. The summed E-state index contributed by atoms with van der Waals surface area (Å²) < 4.78 is 0. The molecule has 0 aliphatic carbocycles. The molecule has 0 rings (SSSR count). The average Bonchev–Trinajstić information content (AvgIpc) is 1.84. The van der Waals surface area contributed by atoms with Gasteiger partial charge in [0.05, 0.1) is 12.0 Å². The summed E-state index contributed by atoms with van der Waals surface area (Å²) in [4.78, 5) is 10.1. The van der Waals surface area contributed by atoms with E-state index in [0.717, 1.165) is 0 Å². The van der Waals surface area contributed by atoms with Crippen LogP contribution in [-0.2, 0) is 4.79 Å². The molecule has 9 heavy (non-hydrogen) atoms. The number of aliphatic hydroxyl groups is 1. The quantitative estimate of drug-likeness (QED) is 0.587. The van der Waals surface area contributed by atoms with E-state index in [1.165, 1.54) is 6.92 Å². The zero-order valence-electron chi connectivity index (χ0n) is 5.66. The highest BCUT2D eigenvalue weighted by atomic mass is 16.4. The van der Waals surface area contributed by atoms with E-state index in [4.69, 9.17) is 10.2 Å². The number of carboxylic acid groups (broad SMARTS) is 1. The fourth-order valence-corrected chi connectivity index (χ4v) is 0.518. The molecule has 0 spiro atoms. The molecule has 0 aliphatic rings. The second kappa shape index (κ2) is 3.45. The first-order valence-electron chi connectivity index (χ1n) is 3.00. The maximum atomic E-state index is 10.1. The minimum Gasteiger partial charge on any atom is -0.481 e. The molecule has 54 valence electrons. The Labute approximate surface area is 54.3 Å². The number of carboxylic acids is 1. The Balaban J connectivity index is 3.72. The molecule has 3 nitrogen and oxygen atoms in total. The van der Waals surface area contributed by atoms with Gasteiger partial charge >= 0.3 is 5.97 Å². The van der Waals surface area contributed by atoms with Crippen molar-refractivity contribution in [2.75, 3.05) is 0 Å². The number of aliphatic hydroxyl groups excluding tert-OH is 1. The lowest BCUT2D eigenvalue weighted by molar-refractivity contribution is -0.144. The first-order valence-corrected chi connectivity index (χ1v) is 3.00. The highest BCUT2D eigenvalue weighted by Crippen LogP contribution is 2.05. The number of carbonyl (C=O) groups is 1. The third-order valence-electron chi connectivity index (χ3n) is 1.38. The van der Waals surface area contributed by atoms with E-state index < -0.39 is 18.0 Å². The molecule has 0 radical (unpaired) electrons. The van der Waals surface area contributed by atoms with E-state index in [1.807, 2.05) is 0 Å². The summed E-state index contributed by atoms with van der Waals surface area (Å²) in [5.41, 5.74) is 0. The maximum Gasteiger partial charge on any atom is 0.308 e. The van der Waals surface area contributed by atoms with Crippen LogP contribution < -0.4 is 0 Å². The fourth-order valence-electron chi connectivity index (χ4n) is 0.518. The van der Waals surface area contributed by atoms with Crippen LogP contribution in [0.15, 0.2) is 0 Å². The molecule has 0 aliphatic heterocycles. The molecule has 2 N–H and O–H groups in total. The first kappa shape index (κ1) is 8.43. The van der Waals surface area contributed by atoms with Gasteiger partial charge in [-0.1, -0.05) is 6.92 Å². The Kier molecular flexibility index (Phi) is 3.24. The van der Waals surface area contributed by atoms with Gasteiger partial charge in [-0.25, -0.2) is 0 Å². The van der Waals surface area contributed by atoms with Crippen LogP contribution in [0.3, 0.4) is 0 Å². The highest BCUT2D eigenvalue weighted by molar-refractivity contribution is 5.70. The maximum absolute atomic E-state index is 10.1. The van der Waals surface area contributed by atoms with Crippen molar-refractivity contribution >= 4 is 5.97 Å². The van der Waals surface area contributed by atoms with Crippen LogP contribution in [0.5, 0.6) is 0 Å². The highest BCUT2D eigenvalue weighted by Gasteiger charge is 2.18. The van der Waals surface area contributed by atoms with Crippen LogP contribution in [0.25, 0.3) is 0 Å². The van der Waals surface area contributed by atoms with Crippen molar-refractivity contribution in [3.05, 3.63) is 0 Å². The van der Waals surface area contributed by atoms with Gasteiger partial charge in [0.2, 0.25) is 0 Å². The van der Waals surface area contributed by atoms with Gasteiger partial charge in [0, 0.05) is 0 Å². The van der Waals surface area contributed by atoms with Gasteiger partial charge in [-0.3, -0.25) is 4.79 Å². The normalized spacial score (nSPS) is 16.8. The lowest BCUT2D eigenvalue weighted by Gasteiger charge is -2.10. The van der Waals surface area contributed by atoms with E-state index in [0.29, 0.717) is 6.42 Å². The van der Waals surface area contributed by atoms with E-state index in [1.54, 1.807) is 6.92 Å². The Hall–Kier alpha value is -0.570. The first-order chi connectivity index (χ1) is 4.09. The molecule has 0 aromatic heterocycles. The lowest BCUT2D eigenvalue weighted by Crippen LogP contribution is -2.24. The van der Waals surface area contributed by atoms with Crippen molar-refractivity contribution in [1.29, 1.82) is 0 Å². The topological polar surface area (TPSA) is 57.5 Å². The van der Waals surface area contributed by atoms with Crippen molar-refractivity contribution in [3.63, 3.8) is 0 Å². The molecular formula is C6H12O3. The van der Waals surface area contributed by atoms with Crippen LogP contribution >= 0.6 is 0 Å². The number of rotatable bonds is 3. The number of hydrogen-bond acceptors (Lipinski definition) is 2. The van der Waals surface area contributed by atoms with Crippen LogP contribution in [-0.4, -0.2) is 22.3 Å². The number of aliphatic carboxylic acids is 1. The van der Waals surface area contributed by atoms with Crippen LogP contribution in [0.4, 0.5) is 0 Å². The molecule has 3 heteroatoms. The van der Waals surface area contributed by atoms with E-state index in [-0.39, 0.29) is 0 Å². The molecule has 0 saturated carbocycles.